The molecular formula is C14H16B2O2. The van der Waals surface area contributed by atoms with Crippen molar-refractivity contribution in [3.05, 3.63) is 59.7 Å². The average Bonchev–Trinajstić information content (AvgIpc) is 2.38. The predicted molar refractivity (Wildman–Crippen MR) is 79.2 cm³/mol. The molecule has 0 unspecified atom stereocenters. The molecule has 0 bridgehead atoms. The normalized spacial score (nSPS) is 14.1. The third-order valence-corrected chi connectivity index (χ3v) is 3.31. The Labute approximate surface area is 109 Å². The van der Waals surface area contributed by atoms with Crippen LogP contribution in [0.5, 0.6) is 0 Å². The first kappa shape index (κ1) is 12.9. The first-order valence-corrected chi connectivity index (χ1v) is 6.08. The molecule has 0 heterocycles. The largest absolute Gasteiger partial charge is 0.385 e. The maximum Gasteiger partial charge on any atom is 0.139 e. The molecule has 0 radical (unpaired) electrons. The lowest BCUT2D eigenvalue weighted by atomic mass is 9.82. The first-order valence-electron chi connectivity index (χ1n) is 6.08. The summed E-state index contributed by atoms with van der Waals surface area (Å²) in [5, 5.41) is 20.6. The second-order valence-electron chi connectivity index (χ2n) is 4.60. The molecule has 0 fully saturated rings. The Morgan fingerprint density at radius 1 is 0.667 bits per heavy atom. The van der Waals surface area contributed by atoms with Crippen molar-refractivity contribution < 1.29 is 10.2 Å². The zero-order chi connectivity index (χ0) is 13.1. The third-order valence-electron chi connectivity index (χ3n) is 3.31. The van der Waals surface area contributed by atoms with Gasteiger partial charge in [0.1, 0.15) is 27.9 Å². The predicted octanol–water partition coefficient (Wildman–Crippen LogP) is -1.03. The third kappa shape index (κ3) is 2.50. The van der Waals surface area contributed by atoms with Crippen molar-refractivity contribution in [2.45, 2.75) is 12.2 Å². The molecular weight excluding hydrogens is 222 g/mol. The van der Waals surface area contributed by atoms with E-state index < -0.39 is 12.2 Å². The smallest absolute Gasteiger partial charge is 0.139 e. The van der Waals surface area contributed by atoms with E-state index in [4.69, 9.17) is 0 Å². The molecule has 0 aliphatic rings. The van der Waals surface area contributed by atoms with Crippen LogP contribution >= 0.6 is 0 Å². The van der Waals surface area contributed by atoms with E-state index in [1.165, 1.54) is 0 Å². The molecule has 0 aliphatic carbocycles. The van der Waals surface area contributed by atoms with Crippen LogP contribution in [0.15, 0.2) is 48.5 Å². The second kappa shape index (κ2) is 5.42. The van der Waals surface area contributed by atoms with Crippen molar-refractivity contribution in [1.82, 2.24) is 0 Å². The van der Waals surface area contributed by atoms with Crippen LogP contribution in [0.3, 0.4) is 0 Å². The molecule has 0 saturated heterocycles. The molecule has 90 valence electrons. The number of benzene rings is 2. The van der Waals surface area contributed by atoms with Gasteiger partial charge >= 0.3 is 0 Å². The Bertz CT molecular complexity index is 493. The van der Waals surface area contributed by atoms with Gasteiger partial charge in [0.25, 0.3) is 0 Å². The molecule has 2 aromatic rings. The Balaban J connectivity index is 2.33. The van der Waals surface area contributed by atoms with E-state index >= 15 is 0 Å². The molecule has 0 saturated carbocycles. The number of rotatable bonds is 3. The molecule has 18 heavy (non-hydrogen) atoms. The minimum Gasteiger partial charge on any atom is -0.385 e. The van der Waals surface area contributed by atoms with Crippen molar-refractivity contribution in [2.24, 2.45) is 0 Å². The zero-order valence-electron chi connectivity index (χ0n) is 10.7. The Hall–Kier alpha value is -1.51. The van der Waals surface area contributed by atoms with E-state index in [-0.39, 0.29) is 0 Å². The Morgan fingerprint density at radius 3 is 1.33 bits per heavy atom. The maximum atomic E-state index is 10.3. The lowest BCUT2D eigenvalue weighted by Gasteiger charge is -2.21. The minimum atomic E-state index is -0.896. The molecule has 2 atom stereocenters. The van der Waals surface area contributed by atoms with E-state index in [9.17, 15) is 10.2 Å². The lowest BCUT2D eigenvalue weighted by Crippen LogP contribution is -2.23. The van der Waals surface area contributed by atoms with E-state index in [0.717, 1.165) is 22.1 Å². The van der Waals surface area contributed by atoms with Gasteiger partial charge in [0.05, 0.1) is 0 Å². The fourth-order valence-electron chi connectivity index (χ4n) is 2.18. The van der Waals surface area contributed by atoms with E-state index in [2.05, 4.69) is 0 Å². The van der Waals surface area contributed by atoms with Crippen LogP contribution in [0.4, 0.5) is 0 Å². The van der Waals surface area contributed by atoms with Crippen LogP contribution in [-0.4, -0.2) is 25.9 Å². The monoisotopic (exact) mass is 238 g/mol. The van der Waals surface area contributed by atoms with Crippen molar-refractivity contribution >= 4 is 26.6 Å². The maximum absolute atomic E-state index is 10.3. The summed E-state index contributed by atoms with van der Waals surface area (Å²) in [7, 11) is 3.87. The van der Waals surface area contributed by atoms with Crippen LogP contribution in [0.2, 0.25) is 0 Å². The van der Waals surface area contributed by atoms with Crippen molar-refractivity contribution in [2.75, 3.05) is 0 Å². The second-order valence-corrected chi connectivity index (χ2v) is 4.60. The highest BCUT2D eigenvalue weighted by Gasteiger charge is 2.22. The van der Waals surface area contributed by atoms with Crippen LogP contribution in [0.25, 0.3) is 0 Å². The molecule has 2 aromatic carbocycles. The van der Waals surface area contributed by atoms with Crippen LogP contribution in [0.1, 0.15) is 23.3 Å². The van der Waals surface area contributed by atoms with Crippen LogP contribution < -0.4 is 10.9 Å². The summed E-state index contributed by atoms with van der Waals surface area (Å²) in [6.07, 6.45) is -1.79. The highest BCUT2D eigenvalue weighted by molar-refractivity contribution is 6.33. The van der Waals surface area contributed by atoms with E-state index in [0.29, 0.717) is 0 Å². The molecule has 0 aliphatic heterocycles. The van der Waals surface area contributed by atoms with E-state index in [1.807, 2.05) is 64.2 Å². The number of hydrogen-bond donors (Lipinski definition) is 2. The topological polar surface area (TPSA) is 40.5 Å². The lowest BCUT2D eigenvalue weighted by molar-refractivity contribution is 0.0184. The number of aliphatic hydroxyl groups excluding tert-OH is 2. The van der Waals surface area contributed by atoms with Crippen LogP contribution in [-0.2, 0) is 0 Å². The average molecular weight is 238 g/mol. The summed E-state index contributed by atoms with van der Waals surface area (Å²) in [6.45, 7) is 0. The summed E-state index contributed by atoms with van der Waals surface area (Å²) in [5.41, 5.74) is 3.51. The molecule has 0 spiro atoms. The highest BCUT2D eigenvalue weighted by Crippen LogP contribution is 2.26. The summed E-state index contributed by atoms with van der Waals surface area (Å²) < 4.78 is 0. The van der Waals surface area contributed by atoms with Crippen LogP contribution in [0, 0.1) is 0 Å². The summed E-state index contributed by atoms with van der Waals surface area (Å²) in [5.74, 6) is 0. The Kier molecular flexibility index (Phi) is 3.90. The van der Waals surface area contributed by atoms with Gasteiger partial charge in [-0.3, -0.25) is 0 Å². The van der Waals surface area contributed by atoms with Crippen molar-refractivity contribution in [3.63, 3.8) is 0 Å². The highest BCUT2D eigenvalue weighted by atomic mass is 16.3. The van der Waals surface area contributed by atoms with Gasteiger partial charge in [-0.05, 0) is 11.1 Å². The molecule has 0 aromatic heterocycles. The first-order chi connectivity index (χ1) is 8.61. The van der Waals surface area contributed by atoms with Crippen molar-refractivity contribution in [3.8, 4) is 0 Å². The fourth-order valence-corrected chi connectivity index (χ4v) is 2.18. The van der Waals surface area contributed by atoms with Gasteiger partial charge in [-0.25, -0.2) is 0 Å². The summed E-state index contributed by atoms with van der Waals surface area (Å²) in [4.78, 5) is 0. The van der Waals surface area contributed by atoms with Gasteiger partial charge < -0.3 is 10.2 Å². The molecule has 0 amide bonds. The number of aliphatic hydroxyl groups is 2. The zero-order valence-corrected chi connectivity index (χ0v) is 10.7. The summed E-state index contributed by atoms with van der Waals surface area (Å²) >= 11 is 0. The minimum absolute atomic E-state index is 0.772. The van der Waals surface area contributed by atoms with Gasteiger partial charge in [-0.2, -0.15) is 0 Å². The summed E-state index contributed by atoms with van der Waals surface area (Å²) in [6, 6.07) is 15.2. The molecule has 2 rings (SSSR count). The van der Waals surface area contributed by atoms with Crippen molar-refractivity contribution in [1.29, 1.82) is 0 Å². The molecule has 2 nitrogen and oxygen atoms in total. The van der Waals surface area contributed by atoms with Gasteiger partial charge in [0.2, 0.25) is 0 Å². The molecule has 2 N–H and O–H groups in total. The number of hydrogen-bond acceptors (Lipinski definition) is 2. The van der Waals surface area contributed by atoms with Gasteiger partial charge in [0.15, 0.2) is 0 Å². The standard InChI is InChI=1S/C14H16B2O2/c15-11-7-3-1-5-9(11)13(17)14(18)10-6-2-4-8-12(10)16/h1-8,13-14,17-18H,15-16H2/t13-,14-/m1/s1. The van der Waals surface area contributed by atoms with Gasteiger partial charge in [0, 0.05) is 0 Å². The fraction of sp³-hybridized carbons (Fsp3) is 0.143. The van der Waals surface area contributed by atoms with Gasteiger partial charge in [-0.1, -0.05) is 59.5 Å². The molecule has 4 heteroatoms. The quantitative estimate of drug-likeness (QED) is 0.671. The van der Waals surface area contributed by atoms with E-state index in [1.54, 1.807) is 0 Å². The SMILES string of the molecule is Bc1ccccc1[C@@H](O)[C@H](O)c1ccccc1B. The Morgan fingerprint density at radius 2 is 1.00 bits per heavy atom. The van der Waals surface area contributed by atoms with Gasteiger partial charge in [-0.15, -0.1) is 0 Å².